The molecule has 0 N–H and O–H groups in total. The van der Waals surface area contributed by atoms with E-state index in [9.17, 15) is 4.79 Å². The van der Waals surface area contributed by atoms with Crippen LogP contribution in [0, 0.1) is 0 Å². The van der Waals surface area contributed by atoms with Gasteiger partial charge in [-0.15, -0.1) is 0 Å². The molecule has 0 radical (unpaired) electrons. The molecule has 0 fully saturated rings. The highest BCUT2D eigenvalue weighted by molar-refractivity contribution is 6.22. The van der Waals surface area contributed by atoms with Gasteiger partial charge in [0.05, 0.1) is 11.4 Å². The summed E-state index contributed by atoms with van der Waals surface area (Å²) >= 11 is 0. The van der Waals surface area contributed by atoms with Crippen molar-refractivity contribution in [2.45, 2.75) is 6.42 Å². The maximum atomic E-state index is 13.6. The molecular formula is C38H24N2O2. The summed E-state index contributed by atoms with van der Waals surface area (Å²) in [5.74, 6) is 1.68. The minimum Gasteiger partial charge on any atom is -0.453 e. The highest BCUT2D eigenvalue weighted by Crippen LogP contribution is 2.52. The Morgan fingerprint density at radius 2 is 0.881 bits per heavy atom. The lowest BCUT2D eigenvalue weighted by atomic mass is 9.94. The van der Waals surface area contributed by atoms with Crippen molar-refractivity contribution in [2.24, 2.45) is 0 Å². The summed E-state index contributed by atoms with van der Waals surface area (Å²) in [6, 6.07) is 45.7. The molecule has 9 rings (SSSR count). The predicted octanol–water partition coefficient (Wildman–Crippen LogP) is 9.85. The lowest BCUT2D eigenvalue weighted by molar-refractivity contribution is 0.104. The second-order valence-corrected chi connectivity index (χ2v) is 10.9. The van der Waals surface area contributed by atoms with Crippen LogP contribution in [0.5, 0.6) is 11.5 Å². The first kappa shape index (κ1) is 23.1. The highest BCUT2D eigenvalue weighted by Gasteiger charge is 2.32. The first-order valence-corrected chi connectivity index (χ1v) is 14.2. The maximum Gasteiger partial charge on any atom is 0.194 e. The van der Waals surface area contributed by atoms with Crippen LogP contribution in [0.3, 0.4) is 0 Å². The van der Waals surface area contributed by atoms with E-state index in [1.54, 1.807) is 0 Å². The number of fused-ring (bicyclic) bond motifs is 7. The molecule has 1 aliphatic carbocycles. The minimum absolute atomic E-state index is 0.0697. The Bertz CT molecular complexity index is 1860. The van der Waals surface area contributed by atoms with Crippen LogP contribution in [0.2, 0.25) is 0 Å². The van der Waals surface area contributed by atoms with Gasteiger partial charge in [0.25, 0.3) is 0 Å². The van der Waals surface area contributed by atoms with Gasteiger partial charge >= 0.3 is 0 Å². The molecule has 6 aromatic rings. The molecule has 42 heavy (non-hydrogen) atoms. The molecule has 0 spiro atoms. The van der Waals surface area contributed by atoms with Crippen LogP contribution in [0.1, 0.15) is 27.0 Å². The van der Waals surface area contributed by atoms with Crippen LogP contribution in [0.15, 0.2) is 133 Å². The average Bonchev–Trinajstić information content (AvgIpc) is 3.32. The Balaban J connectivity index is 1.21. The molecule has 0 aromatic heterocycles. The van der Waals surface area contributed by atoms with Crippen molar-refractivity contribution in [1.82, 2.24) is 0 Å². The lowest BCUT2D eigenvalue weighted by Crippen LogP contribution is -2.18. The minimum atomic E-state index is 0.0697. The average molecular weight is 541 g/mol. The number of carbonyl (C=O) groups is 1. The molecule has 4 heteroatoms. The van der Waals surface area contributed by atoms with Crippen LogP contribution < -0.4 is 14.5 Å². The molecule has 2 heterocycles. The normalized spacial score (nSPS) is 13.8. The molecule has 0 atom stereocenters. The summed E-state index contributed by atoms with van der Waals surface area (Å²) in [5, 5.41) is 0. The second kappa shape index (κ2) is 8.69. The van der Waals surface area contributed by atoms with Gasteiger partial charge in [0.2, 0.25) is 0 Å². The van der Waals surface area contributed by atoms with E-state index < -0.39 is 0 Å². The zero-order chi connectivity index (χ0) is 27.8. The van der Waals surface area contributed by atoms with E-state index in [1.807, 2.05) is 54.6 Å². The second-order valence-electron chi connectivity index (χ2n) is 10.9. The maximum absolute atomic E-state index is 13.6. The SMILES string of the molecule is O=C1c2ccc(N3c4ccccc4Cc4ccccc43)cc2-c2cc(N3c4ccccc4Oc4ccccc43)ccc21. The van der Waals surface area contributed by atoms with Crippen molar-refractivity contribution in [2.75, 3.05) is 9.80 Å². The quantitative estimate of drug-likeness (QED) is 0.218. The van der Waals surface area contributed by atoms with E-state index in [0.29, 0.717) is 0 Å². The number of benzene rings is 6. The van der Waals surface area contributed by atoms with E-state index in [-0.39, 0.29) is 5.78 Å². The molecule has 198 valence electrons. The van der Waals surface area contributed by atoms with Crippen molar-refractivity contribution in [3.8, 4) is 22.6 Å². The standard InChI is InChI=1S/C38H24N2O2/c41-38-28-19-17-26(39-32-11-3-1-9-24(32)21-25-10-2-4-12-33(25)39)22-30(28)31-23-27(18-20-29(31)38)40-34-13-5-7-15-36(34)42-37-16-8-6-14-35(37)40/h1-20,22-23H,21H2. The van der Waals surface area contributed by atoms with E-state index in [2.05, 4.69) is 88.7 Å². The Labute approximate surface area is 243 Å². The monoisotopic (exact) mass is 540 g/mol. The summed E-state index contributed by atoms with van der Waals surface area (Å²) in [6.45, 7) is 0. The molecule has 0 bridgehead atoms. The van der Waals surface area contributed by atoms with E-state index in [1.165, 1.54) is 22.5 Å². The molecule has 0 saturated carbocycles. The first-order valence-electron chi connectivity index (χ1n) is 14.2. The van der Waals surface area contributed by atoms with Crippen molar-refractivity contribution in [3.05, 3.63) is 156 Å². The topological polar surface area (TPSA) is 32.8 Å². The largest absolute Gasteiger partial charge is 0.453 e. The van der Waals surface area contributed by atoms with Crippen LogP contribution in [-0.2, 0) is 6.42 Å². The summed E-state index contributed by atoms with van der Waals surface area (Å²) in [5.41, 5.74) is 12.3. The van der Waals surface area contributed by atoms with Crippen LogP contribution in [0.25, 0.3) is 11.1 Å². The molecule has 6 aromatic carbocycles. The molecular weight excluding hydrogens is 516 g/mol. The number of para-hydroxylation sites is 6. The van der Waals surface area contributed by atoms with Gasteiger partial charge in [-0.05, 0) is 95.1 Å². The fraction of sp³-hybridized carbons (Fsp3) is 0.0263. The van der Waals surface area contributed by atoms with Gasteiger partial charge in [0, 0.05) is 40.3 Å². The number of hydrogen-bond donors (Lipinski definition) is 0. The fourth-order valence-corrected chi connectivity index (χ4v) is 6.68. The Hall–Kier alpha value is -5.61. The number of nitrogens with zero attached hydrogens (tertiary/aromatic N) is 2. The fourth-order valence-electron chi connectivity index (χ4n) is 6.68. The smallest absolute Gasteiger partial charge is 0.194 e. The third-order valence-corrected chi connectivity index (χ3v) is 8.58. The number of anilines is 6. The van der Waals surface area contributed by atoms with Gasteiger partial charge in [-0.3, -0.25) is 4.79 Å². The van der Waals surface area contributed by atoms with Gasteiger partial charge in [0.15, 0.2) is 17.3 Å². The van der Waals surface area contributed by atoms with Crippen LogP contribution >= 0.6 is 0 Å². The Kier molecular flexibility index (Phi) is 4.79. The van der Waals surface area contributed by atoms with Gasteiger partial charge in [-0.25, -0.2) is 0 Å². The van der Waals surface area contributed by atoms with Crippen LogP contribution in [-0.4, -0.2) is 5.78 Å². The van der Waals surface area contributed by atoms with Crippen molar-refractivity contribution < 1.29 is 9.53 Å². The predicted molar refractivity (Wildman–Crippen MR) is 168 cm³/mol. The Morgan fingerprint density at radius 3 is 1.40 bits per heavy atom. The molecule has 3 aliphatic rings. The van der Waals surface area contributed by atoms with Crippen molar-refractivity contribution >= 4 is 39.9 Å². The molecule has 0 amide bonds. The third-order valence-electron chi connectivity index (χ3n) is 8.58. The number of carbonyl (C=O) groups excluding carboxylic acids is 1. The van der Waals surface area contributed by atoms with Crippen LogP contribution in [0.4, 0.5) is 34.1 Å². The van der Waals surface area contributed by atoms with Gasteiger partial charge in [-0.1, -0.05) is 60.7 Å². The van der Waals surface area contributed by atoms with E-state index >= 15 is 0 Å². The van der Waals surface area contributed by atoms with E-state index in [4.69, 9.17) is 4.74 Å². The highest BCUT2D eigenvalue weighted by atomic mass is 16.5. The first-order chi connectivity index (χ1) is 20.7. The zero-order valence-electron chi connectivity index (χ0n) is 22.6. The molecule has 0 unspecified atom stereocenters. The van der Waals surface area contributed by atoms with Gasteiger partial charge in [-0.2, -0.15) is 0 Å². The summed E-state index contributed by atoms with van der Waals surface area (Å²) in [6.07, 6.45) is 0.904. The van der Waals surface area contributed by atoms with Gasteiger partial charge < -0.3 is 14.5 Å². The van der Waals surface area contributed by atoms with E-state index in [0.717, 1.165) is 62.9 Å². The number of rotatable bonds is 2. The molecule has 4 nitrogen and oxygen atoms in total. The van der Waals surface area contributed by atoms with Gasteiger partial charge in [0.1, 0.15) is 0 Å². The summed E-state index contributed by atoms with van der Waals surface area (Å²) < 4.78 is 6.23. The number of hydrogen-bond acceptors (Lipinski definition) is 4. The third kappa shape index (κ3) is 3.26. The van der Waals surface area contributed by atoms with Crippen molar-refractivity contribution in [3.63, 3.8) is 0 Å². The van der Waals surface area contributed by atoms with Crippen molar-refractivity contribution in [1.29, 1.82) is 0 Å². The Morgan fingerprint density at radius 1 is 0.452 bits per heavy atom. The zero-order valence-corrected chi connectivity index (χ0v) is 22.6. The summed E-state index contributed by atoms with van der Waals surface area (Å²) in [7, 11) is 0. The number of ketones is 1. The molecule has 0 saturated heterocycles. The summed E-state index contributed by atoms with van der Waals surface area (Å²) in [4.78, 5) is 18.2. The number of ether oxygens (including phenoxy) is 1. The molecule has 2 aliphatic heterocycles. The lowest BCUT2D eigenvalue weighted by Gasteiger charge is -2.34.